The summed E-state index contributed by atoms with van der Waals surface area (Å²) < 4.78 is 0.978. The summed E-state index contributed by atoms with van der Waals surface area (Å²) in [5, 5.41) is 24.6. The lowest BCUT2D eigenvalue weighted by atomic mass is 9.77. The third-order valence-corrected chi connectivity index (χ3v) is 5.60. The van der Waals surface area contributed by atoms with Gasteiger partial charge in [0.05, 0.1) is 16.7 Å². The van der Waals surface area contributed by atoms with E-state index >= 15 is 0 Å². The summed E-state index contributed by atoms with van der Waals surface area (Å²) in [4.78, 5) is 10.5. The van der Waals surface area contributed by atoms with E-state index in [1.807, 2.05) is 6.07 Å². The molecule has 3 atom stereocenters. The molecule has 6 heteroatoms. The number of phenolic OH excluding ortho intramolecular Hbond substituents is 1. The van der Waals surface area contributed by atoms with Crippen molar-refractivity contribution in [3.05, 3.63) is 74.3 Å². The molecule has 0 spiro atoms. The van der Waals surface area contributed by atoms with Gasteiger partial charge in [0.1, 0.15) is 5.75 Å². The molecule has 1 aliphatic carbocycles. The number of nitro groups is 1. The van der Waals surface area contributed by atoms with Gasteiger partial charge in [-0.15, -0.1) is 0 Å². The number of nitrogens with one attached hydrogen (secondary N) is 1. The number of benzene rings is 2. The molecule has 0 amide bonds. The molecule has 1 heterocycles. The number of halogens is 1. The fourth-order valence-electron chi connectivity index (χ4n) is 3.78. The van der Waals surface area contributed by atoms with E-state index in [4.69, 9.17) is 0 Å². The number of allylic oxidation sites excluding steroid dienone is 2. The van der Waals surface area contributed by atoms with Crippen molar-refractivity contribution in [3.63, 3.8) is 0 Å². The van der Waals surface area contributed by atoms with E-state index in [2.05, 4.69) is 33.4 Å². The van der Waals surface area contributed by atoms with Gasteiger partial charge in [0.2, 0.25) is 0 Å². The summed E-state index contributed by atoms with van der Waals surface area (Å²) in [7, 11) is 0. The van der Waals surface area contributed by atoms with Gasteiger partial charge < -0.3 is 10.4 Å². The predicted octanol–water partition coefficient (Wildman–Crippen LogP) is 4.89. The van der Waals surface area contributed by atoms with Crippen molar-refractivity contribution in [2.75, 3.05) is 5.32 Å². The maximum absolute atomic E-state index is 10.9. The number of phenols is 1. The number of hydrogen-bond acceptors (Lipinski definition) is 4. The summed E-state index contributed by atoms with van der Waals surface area (Å²) in [6.45, 7) is 0. The monoisotopic (exact) mass is 386 g/mol. The van der Waals surface area contributed by atoms with E-state index in [-0.39, 0.29) is 23.4 Å². The van der Waals surface area contributed by atoms with Gasteiger partial charge in [-0.05, 0) is 30.0 Å². The lowest BCUT2D eigenvalue weighted by Gasteiger charge is -2.38. The Labute approximate surface area is 147 Å². The van der Waals surface area contributed by atoms with E-state index in [1.165, 1.54) is 12.1 Å². The highest BCUT2D eigenvalue weighted by Crippen LogP contribution is 2.54. The number of non-ortho nitro benzene ring substituents is 1. The van der Waals surface area contributed by atoms with Crippen LogP contribution in [0.25, 0.3) is 0 Å². The van der Waals surface area contributed by atoms with Gasteiger partial charge in [0, 0.05) is 28.1 Å². The second-order valence-corrected chi connectivity index (χ2v) is 7.03. The number of aromatic hydroxyl groups is 1. The Morgan fingerprint density at radius 3 is 2.67 bits per heavy atom. The highest BCUT2D eigenvalue weighted by atomic mass is 79.9. The van der Waals surface area contributed by atoms with Crippen LogP contribution < -0.4 is 5.32 Å². The Bertz CT molecular complexity index is 848. The molecular weight excluding hydrogens is 372 g/mol. The van der Waals surface area contributed by atoms with E-state index < -0.39 is 4.92 Å². The van der Waals surface area contributed by atoms with Gasteiger partial charge in [0.25, 0.3) is 5.69 Å². The lowest BCUT2D eigenvalue weighted by molar-refractivity contribution is -0.384. The van der Waals surface area contributed by atoms with Crippen molar-refractivity contribution >= 4 is 27.3 Å². The quantitative estimate of drug-likeness (QED) is 0.333. The second kappa shape index (κ2) is 5.63. The third-order valence-electron chi connectivity index (χ3n) is 4.91. The molecule has 0 aromatic heterocycles. The molecular formula is C18H15BrN2O3. The Hall–Kier alpha value is -2.34. The summed E-state index contributed by atoms with van der Waals surface area (Å²) in [5.41, 5.74) is 2.89. The van der Waals surface area contributed by atoms with Gasteiger partial charge in [-0.25, -0.2) is 0 Å². The third kappa shape index (κ3) is 2.29. The molecule has 0 saturated carbocycles. The molecule has 122 valence electrons. The second-order valence-electron chi connectivity index (χ2n) is 6.18. The van der Waals surface area contributed by atoms with E-state index in [9.17, 15) is 15.2 Å². The number of nitrogens with zero attached hydrogens (tertiary/aromatic N) is 1. The molecule has 24 heavy (non-hydrogen) atoms. The van der Waals surface area contributed by atoms with Crippen LogP contribution in [-0.2, 0) is 0 Å². The lowest BCUT2D eigenvalue weighted by Crippen LogP contribution is -2.29. The zero-order valence-corrected chi connectivity index (χ0v) is 14.2. The zero-order chi connectivity index (χ0) is 16.8. The smallest absolute Gasteiger partial charge is 0.269 e. The molecule has 0 unspecified atom stereocenters. The predicted molar refractivity (Wildman–Crippen MR) is 95.3 cm³/mol. The minimum atomic E-state index is -0.393. The molecule has 2 aromatic rings. The number of anilines is 1. The Balaban J connectivity index is 1.78. The average molecular weight is 387 g/mol. The van der Waals surface area contributed by atoms with Crippen molar-refractivity contribution in [1.29, 1.82) is 0 Å². The van der Waals surface area contributed by atoms with E-state index in [1.54, 1.807) is 18.2 Å². The first-order valence-electron chi connectivity index (χ1n) is 7.75. The number of fused-ring (bicyclic) bond motifs is 3. The van der Waals surface area contributed by atoms with Crippen LogP contribution in [-0.4, -0.2) is 10.0 Å². The van der Waals surface area contributed by atoms with Crippen molar-refractivity contribution in [2.45, 2.75) is 18.4 Å². The zero-order valence-electron chi connectivity index (χ0n) is 12.6. The minimum Gasteiger partial charge on any atom is -0.506 e. The van der Waals surface area contributed by atoms with Crippen LogP contribution in [0.4, 0.5) is 11.4 Å². The molecule has 0 saturated heterocycles. The van der Waals surface area contributed by atoms with Gasteiger partial charge in [-0.3, -0.25) is 10.1 Å². The molecule has 1 aliphatic heterocycles. The molecule has 2 aromatic carbocycles. The van der Waals surface area contributed by atoms with E-state index in [0.29, 0.717) is 5.92 Å². The van der Waals surface area contributed by atoms with Gasteiger partial charge >= 0.3 is 0 Å². The van der Waals surface area contributed by atoms with Crippen LogP contribution in [0.1, 0.15) is 29.5 Å². The highest BCUT2D eigenvalue weighted by Gasteiger charge is 2.40. The molecule has 0 bridgehead atoms. The maximum atomic E-state index is 10.9. The summed E-state index contributed by atoms with van der Waals surface area (Å²) >= 11 is 3.59. The largest absolute Gasteiger partial charge is 0.506 e. The highest BCUT2D eigenvalue weighted by molar-refractivity contribution is 9.10. The molecule has 4 rings (SSSR count). The standard InChI is InChI=1S/C18H15BrN2O3/c19-14-8-9-15(22)18-16(14)12-2-1-3-13(12)17(20-18)10-4-6-11(7-5-10)21(23)24/h1-2,4-9,12-13,17,20,22H,3H2/t12-,13-,17+/m0/s1. The molecule has 0 fully saturated rings. The fraction of sp³-hybridized carbons (Fsp3) is 0.222. The normalized spacial score (nSPS) is 24.1. The van der Waals surface area contributed by atoms with Crippen molar-refractivity contribution < 1.29 is 10.0 Å². The van der Waals surface area contributed by atoms with Crippen molar-refractivity contribution in [1.82, 2.24) is 0 Å². The molecule has 2 N–H and O–H groups in total. The first-order chi connectivity index (χ1) is 11.6. The summed E-state index contributed by atoms with van der Waals surface area (Å²) in [6.07, 6.45) is 5.29. The van der Waals surface area contributed by atoms with Crippen LogP contribution in [0.2, 0.25) is 0 Å². The van der Waals surface area contributed by atoms with Gasteiger partial charge in [-0.2, -0.15) is 0 Å². The Morgan fingerprint density at radius 2 is 1.96 bits per heavy atom. The summed E-state index contributed by atoms with van der Waals surface area (Å²) in [6, 6.07) is 10.2. The van der Waals surface area contributed by atoms with Gasteiger partial charge in [-0.1, -0.05) is 40.2 Å². The molecule has 0 radical (unpaired) electrons. The first kappa shape index (κ1) is 15.2. The molecule has 5 nitrogen and oxygen atoms in total. The van der Waals surface area contributed by atoms with Crippen molar-refractivity contribution in [2.24, 2.45) is 5.92 Å². The minimum absolute atomic E-state index is 0.00139. The van der Waals surface area contributed by atoms with Crippen LogP contribution in [0.3, 0.4) is 0 Å². The van der Waals surface area contributed by atoms with Crippen LogP contribution in [0, 0.1) is 16.0 Å². The SMILES string of the molecule is O=[N+]([O-])c1ccc([C@H]2Nc3c(O)ccc(Br)c3[C@H]3C=CC[C@@H]32)cc1. The van der Waals surface area contributed by atoms with Gasteiger partial charge in [0.15, 0.2) is 0 Å². The van der Waals surface area contributed by atoms with Crippen molar-refractivity contribution in [3.8, 4) is 5.75 Å². The number of nitro benzene ring substituents is 1. The maximum Gasteiger partial charge on any atom is 0.269 e. The van der Waals surface area contributed by atoms with E-state index in [0.717, 1.165) is 27.7 Å². The fourth-order valence-corrected chi connectivity index (χ4v) is 4.38. The first-order valence-corrected chi connectivity index (χ1v) is 8.54. The van der Waals surface area contributed by atoms with Crippen LogP contribution in [0.5, 0.6) is 5.75 Å². The van der Waals surface area contributed by atoms with Crippen LogP contribution in [0.15, 0.2) is 53.0 Å². The number of rotatable bonds is 2. The molecule has 2 aliphatic rings. The average Bonchev–Trinajstić information content (AvgIpc) is 3.07. The topological polar surface area (TPSA) is 75.4 Å². The Kier molecular flexibility index (Phi) is 3.57. The summed E-state index contributed by atoms with van der Waals surface area (Å²) in [5.74, 6) is 0.749. The Morgan fingerprint density at radius 1 is 1.21 bits per heavy atom. The number of hydrogen-bond donors (Lipinski definition) is 2. The van der Waals surface area contributed by atoms with Crippen LogP contribution >= 0.6 is 15.9 Å².